The van der Waals surface area contributed by atoms with E-state index in [0.717, 1.165) is 5.69 Å². The molecule has 8 nitrogen and oxygen atoms in total. The van der Waals surface area contributed by atoms with Crippen LogP contribution in [0.2, 0.25) is 0 Å². The Morgan fingerprint density at radius 1 is 1.52 bits per heavy atom. The first-order valence-electron chi connectivity index (χ1n) is 7.73. The maximum absolute atomic E-state index is 12.6. The van der Waals surface area contributed by atoms with E-state index in [1.807, 2.05) is 26.0 Å². The van der Waals surface area contributed by atoms with Crippen LogP contribution in [0.4, 0.5) is 5.69 Å². The smallest absolute Gasteiger partial charge is 0.228 e. The van der Waals surface area contributed by atoms with E-state index in [1.165, 1.54) is 6.26 Å². The molecule has 0 aliphatic rings. The third-order valence-electron chi connectivity index (χ3n) is 3.62. The maximum atomic E-state index is 12.6. The van der Waals surface area contributed by atoms with Crippen LogP contribution in [0.25, 0.3) is 5.69 Å². The van der Waals surface area contributed by atoms with Crippen molar-refractivity contribution < 1.29 is 9.00 Å². The number of hydrogen-bond acceptors (Lipinski definition) is 6. The van der Waals surface area contributed by atoms with Crippen molar-refractivity contribution in [2.24, 2.45) is 4.36 Å². The number of carbonyl (C=O) groups is 1. The highest BCUT2D eigenvalue weighted by molar-refractivity contribution is 7.93. The number of nitrogens with zero attached hydrogens (tertiary/aromatic N) is 6. The van der Waals surface area contributed by atoms with Crippen molar-refractivity contribution in [2.75, 3.05) is 23.5 Å². The Labute approximate surface area is 147 Å². The van der Waals surface area contributed by atoms with Gasteiger partial charge in [-0.3, -0.25) is 9.78 Å². The number of nitriles is 1. The second-order valence-corrected chi connectivity index (χ2v) is 8.01. The topological polar surface area (TPSA) is 104 Å². The predicted molar refractivity (Wildman–Crippen MR) is 95.7 cm³/mol. The Bertz CT molecular complexity index is 906. The second-order valence-electron chi connectivity index (χ2n) is 5.50. The fourth-order valence-electron chi connectivity index (χ4n) is 2.36. The minimum absolute atomic E-state index is 0.0473. The van der Waals surface area contributed by atoms with Gasteiger partial charge >= 0.3 is 0 Å². The molecular weight excluding hydrogens is 340 g/mol. The molecule has 1 atom stereocenters. The fourth-order valence-corrected chi connectivity index (χ4v) is 3.18. The number of pyridine rings is 1. The highest BCUT2D eigenvalue weighted by Crippen LogP contribution is 2.21. The van der Waals surface area contributed by atoms with Crippen LogP contribution in [0, 0.1) is 18.4 Å². The van der Waals surface area contributed by atoms with Crippen molar-refractivity contribution in [3.63, 3.8) is 0 Å². The maximum Gasteiger partial charge on any atom is 0.228 e. The molecule has 0 aromatic carbocycles. The third kappa shape index (κ3) is 4.64. The Morgan fingerprint density at radius 3 is 2.88 bits per heavy atom. The van der Waals surface area contributed by atoms with Crippen LogP contribution in [0.15, 0.2) is 35.1 Å². The van der Waals surface area contributed by atoms with Gasteiger partial charge in [0.1, 0.15) is 0 Å². The Morgan fingerprint density at radius 2 is 2.28 bits per heavy atom. The molecule has 0 aliphatic carbocycles. The number of aromatic nitrogens is 3. The molecule has 0 saturated carbocycles. The molecule has 2 aromatic rings. The summed E-state index contributed by atoms with van der Waals surface area (Å²) in [4.78, 5) is 18.2. The van der Waals surface area contributed by atoms with Gasteiger partial charge in [0.25, 0.3) is 0 Å². The molecule has 132 valence electrons. The molecule has 2 heterocycles. The van der Waals surface area contributed by atoms with Gasteiger partial charge in [0.05, 0.1) is 39.2 Å². The average Bonchev–Trinajstić information content (AvgIpc) is 2.96. The van der Waals surface area contributed by atoms with Gasteiger partial charge in [-0.25, -0.2) is 8.89 Å². The molecule has 1 unspecified atom stereocenters. The fraction of sp³-hybridized carbons (Fsp3) is 0.375. The SMILES string of the molecule is CCN(C(=O)CCS(C)(=O)=NC#N)c1cn(-c2cccnc2)nc1C. The highest BCUT2D eigenvalue weighted by atomic mass is 32.2. The zero-order chi connectivity index (χ0) is 18.4. The molecule has 0 N–H and O–H groups in total. The summed E-state index contributed by atoms with van der Waals surface area (Å²) in [6.45, 7) is 4.15. The van der Waals surface area contributed by atoms with Gasteiger partial charge in [0, 0.05) is 31.2 Å². The summed E-state index contributed by atoms with van der Waals surface area (Å²) in [6, 6.07) is 3.68. The molecule has 1 amide bonds. The molecule has 0 aliphatic heterocycles. The normalized spacial score (nSPS) is 12.9. The molecule has 0 bridgehead atoms. The lowest BCUT2D eigenvalue weighted by molar-refractivity contribution is -0.118. The molecule has 0 radical (unpaired) electrons. The van der Waals surface area contributed by atoms with Crippen molar-refractivity contribution in [3.8, 4) is 11.9 Å². The van der Waals surface area contributed by atoms with Crippen LogP contribution in [0.1, 0.15) is 19.0 Å². The minimum Gasteiger partial charge on any atom is -0.310 e. The number of hydrogen-bond donors (Lipinski definition) is 0. The lowest BCUT2D eigenvalue weighted by atomic mass is 10.3. The highest BCUT2D eigenvalue weighted by Gasteiger charge is 2.20. The van der Waals surface area contributed by atoms with Crippen LogP contribution in [-0.4, -0.2) is 43.4 Å². The summed E-state index contributed by atoms with van der Waals surface area (Å²) in [6.07, 6.45) is 8.11. The first-order valence-corrected chi connectivity index (χ1v) is 9.82. The van der Waals surface area contributed by atoms with Crippen molar-refractivity contribution in [1.29, 1.82) is 5.26 Å². The van der Waals surface area contributed by atoms with E-state index in [4.69, 9.17) is 5.26 Å². The molecule has 0 spiro atoms. The Hall–Kier alpha value is -2.73. The van der Waals surface area contributed by atoms with E-state index in [9.17, 15) is 9.00 Å². The van der Waals surface area contributed by atoms with E-state index in [0.29, 0.717) is 17.9 Å². The van der Waals surface area contributed by atoms with E-state index in [2.05, 4.69) is 14.4 Å². The van der Waals surface area contributed by atoms with E-state index in [-0.39, 0.29) is 18.1 Å². The average molecular weight is 360 g/mol. The zero-order valence-electron chi connectivity index (χ0n) is 14.4. The van der Waals surface area contributed by atoms with Crippen LogP contribution in [0.5, 0.6) is 0 Å². The zero-order valence-corrected chi connectivity index (χ0v) is 15.2. The number of carbonyl (C=O) groups excluding carboxylic acids is 1. The van der Waals surface area contributed by atoms with Crippen molar-refractivity contribution >= 4 is 21.3 Å². The molecule has 25 heavy (non-hydrogen) atoms. The van der Waals surface area contributed by atoms with Gasteiger partial charge in [0.2, 0.25) is 12.1 Å². The van der Waals surface area contributed by atoms with Gasteiger partial charge < -0.3 is 4.90 Å². The monoisotopic (exact) mass is 360 g/mol. The molecule has 2 rings (SSSR count). The van der Waals surface area contributed by atoms with Gasteiger partial charge in [-0.05, 0) is 26.0 Å². The number of anilines is 1. The minimum atomic E-state index is -2.66. The van der Waals surface area contributed by atoms with Crippen LogP contribution in [-0.2, 0) is 14.5 Å². The number of aryl methyl sites for hydroxylation is 1. The molecule has 2 aromatic heterocycles. The van der Waals surface area contributed by atoms with Crippen LogP contribution >= 0.6 is 0 Å². The van der Waals surface area contributed by atoms with Gasteiger partial charge in [-0.15, -0.1) is 4.36 Å². The van der Waals surface area contributed by atoms with E-state index >= 15 is 0 Å². The number of amides is 1. The van der Waals surface area contributed by atoms with E-state index in [1.54, 1.807) is 34.4 Å². The van der Waals surface area contributed by atoms with Crippen molar-refractivity contribution in [3.05, 3.63) is 36.4 Å². The van der Waals surface area contributed by atoms with Crippen LogP contribution in [0.3, 0.4) is 0 Å². The van der Waals surface area contributed by atoms with Crippen molar-refractivity contribution in [1.82, 2.24) is 14.8 Å². The Kier molecular flexibility index (Phi) is 5.88. The molecule has 0 fully saturated rings. The van der Waals surface area contributed by atoms with E-state index < -0.39 is 9.73 Å². The number of rotatable bonds is 6. The Balaban J connectivity index is 2.22. The van der Waals surface area contributed by atoms with Gasteiger partial charge in [-0.1, -0.05) is 0 Å². The lowest BCUT2D eigenvalue weighted by Gasteiger charge is -2.20. The molecule has 9 heteroatoms. The summed E-state index contributed by atoms with van der Waals surface area (Å²) in [5.41, 5.74) is 2.19. The first kappa shape index (κ1) is 18.6. The lowest BCUT2D eigenvalue weighted by Crippen LogP contribution is -2.32. The third-order valence-corrected chi connectivity index (χ3v) is 5.05. The van der Waals surface area contributed by atoms with Gasteiger partial charge in [-0.2, -0.15) is 10.4 Å². The summed E-state index contributed by atoms with van der Waals surface area (Å²) in [5.74, 6) is -0.134. The predicted octanol–water partition coefficient (Wildman–Crippen LogP) is 1.90. The molecular formula is C16H20N6O2S. The van der Waals surface area contributed by atoms with Crippen molar-refractivity contribution in [2.45, 2.75) is 20.3 Å². The second kappa shape index (κ2) is 7.90. The summed E-state index contributed by atoms with van der Waals surface area (Å²) in [5, 5.41) is 13.0. The first-order chi connectivity index (χ1) is 11.9. The van der Waals surface area contributed by atoms with Crippen LogP contribution < -0.4 is 4.90 Å². The summed E-state index contributed by atoms with van der Waals surface area (Å²) >= 11 is 0. The standard InChI is InChI=1S/C16H20N6O2S/c1-4-21(16(23)7-9-25(3,24)19-12-17)15-11-22(20-13(15)2)14-6-5-8-18-10-14/h5-6,8,10-11H,4,7,9H2,1-3H3. The largest absolute Gasteiger partial charge is 0.310 e. The quantitative estimate of drug-likeness (QED) is 0.732. The summed E-state index contributed by atoms with van der Waals surface area (Å²) < 4.78 is 17.1. The summed E-state index contributed by atoms with van der Waals surface area (Å²) in [7, 11) is -2.66. The van der Waals surface area contributed by atoms with Gasteiger partial charge in [0.15, 0.2) is 0 Å². The molecule has 0 saturated heterocycles.